The molecule has 2 aliphatic rings. The third-order valence-electron chi connectivity index (χ3n) is 5.89. The molecule has 0 unspecified atom stereocenters. The van der Waals surface area contributed by atoms with Gasteiger partial charge in [0.15, 0.2) is 5.69 Å². The van der Waals surface area contributed by atoms with Crippen LogP contribution in [0, 0.1) is 5.92 Å². The standard InChI is InChI=1S/C21H21N7O3/c1-31-21(30)16-10-23-19(11-22-16)26-15-8-13-9-18(15)27(12-13)20(29)14-4-2-3-5-17(14)28-24-6-7-25-28/h2-7,10-11,13,15,18H,8-9,12H2,1H3,(H,23,26)/t13-,15+,18-/m0/s1. The summed E-state index contributed by atoms with van der Waals surface area (Å²) in [5.74, 6) is 0.447. The Labute approximate surface area is 178 Å². The number of amides is 1. The molecule has 31 heavy (non-hydrogen) atoms. The first-order valence-corrected chi connectivity index (χ1v) is 10.1. The molecular formula is C21H21N7O3. The average molecular weight is 419 g/mol. The van der Waals surface area contributed by atoms with Gasteiger partial charge in [-0.2, -0.15) is 15.0 Å². The third kappa shape index (κ3) is 3.49. The lowest BCUT2D eigenvalue weighted by molar-refractivity contribution is 0.0592. The summed E-state index contributed by atoms with van der Waals surface area (Å²) in [4.78, 5) is 36.8. The van der Waals surface area contributed by atoms with Crippen molar-refractivity contribution >= 4 is 17.7 Å². The highest BCUT2D eigenvalue weighted by Crippen LogP contribution is 2.40. The number of hydrogen-bond acceptors (Lipinski definition) is 8. The highest BCUT2D eigenvalue weighted by atomic mass is 16.5. The maximum Gasteiger partial charge on any atom is 0.358 e. The molecule has 1 amide bonds. The Hall–Kier alpha value is -3.82. The molecule has 1 aromatic carbocycles. The Kier molecular flexibility index (Phi) is 4.81. The van der Waals surface area contributed by atoms with Gasteiger partial charge >= 0.3 is 5.97 Å². The number of hydrogen-bond donors (Lipinski definition) is 1. The lowest BCUT2D eigenvalue weighted by Gasteiger charge is -2.34. The molecule has 2 fully saturated rings. The maximum absolute atomic E-state index is 13.5. The first-order valence-electron chi connectivity index (χ1n) is 10.1. The summed E-state index contributed by atoms with van der Waals surface area (Å²) in [5, 5.41) is 11.7. The number of methoxy groups -OCH3 is 1. The smallest absolute Gasteiger partial charge is 0.358 e. The highest BCUT2D eigenvalue weighted by molar-refractivity contribution is 5.98. The van der Waals surface area contributed by atoms with E-state index < -0.39 is 5.97 Å². The monoisotopic (exact) mass is 419 g/mol. The number of para-hydroxylation sites is 1. The van der Waals surface area contributed by atoms with E-state index in [0.29, 0.717) is 23.0 Å². The van der Waals surface area contributed by atoms with Crippen molar-refractivity contribution in [1.82, 2.24) is 29.9 Å². The number of likely N-dealkylation sites (tertiary alicyclic amines) is 1. The molecule has 0 radical (unpaired) electrons. The SMILES string of the molecule is COC(=O)c1cnc(N[C@@H]2C[C@H]3C[C@@H]2N(C(=O)c2ccccc2-n2nccn2)C3)cn1. The fourth-order valence-corrected chi connectivity index (χ4v) is 4.54. The number of ether oxygens (including phenoxy) is 1. The van der Waals surface area contributed by atoms with Crippen molar-refractivity contribution in [2.75, 3.05) is 19.0 Å². The first kappa shape index (κ1) is 19.2. The molecule has 2 bridgehead atoms. The first-order chi connectivity index (χ1) is 15.1. The lowest BCUT2D eigenvalue weighted by Crippen LogP contribution is -2.48. The van der Waals surface area contributed by atoms with E-state index in [0.717, 1.165) is 19.4 Å². The van der Waals surface area contributed by atoms with Gasteiger partial charge in [-0.3, -0.25) is 4.79 Å². The lowest BCUT2D eigenvalue weighted by atomic mass is 10.0. The van der Waals surface area contributed by atoms with Crippen molar-refractivity contribution in [3.05, 3.63) is 60.3 Å². The largest absolute Gasteiger partial charge is 0.464 e. The van der Waals surface area contributed by atoms with Crippen LogP contribution in [0.2, 0.25) is 0 Å². The summed E-state index contributed by atoms with van der Waals surface area (Å²) in [7, 11) is 1.30. The van der Waals surface area contributed by atoms with Crippen LogP contribution in [-0.4, -0.2) is 67.5 Å². The molecule has 158 valence electrons. The van der Waals surface area contributed by atoms with Crippen LogP contribution in [0.25, 0.3) is 5.69 Å². The summed E-state index contributed by atoms with van der Waals surface area (Å²) in [6.07, 6.45) is 7.98. The van der Waals surface area contributed by atoms with E-state index in [-0.39, 0.29) is 23.7 Å². The van der Waals surface area contributed by atoms with E-state index in [9.17, 15) is 9.59 Å². The molecule has 10 nitrogen and oxygen atoms in total. The van der Waals surface area contributed by atoms with E-state index >= 15 is 0 Å². The zero-order valence-electron chi connectivity index (χ0n) is 16.9. The molecule has 1 aliphatic heterocycles. The van der Waals surface area contributed by atoms with Crippen LogP contribution in [-0.2, 0) is 4.74 Å². The molecule has 1 aliphatic carbocycles. The van der Waals surface area contributed by atoms with Gasteiger partial charge in [-0.25, -0.2) is 14.8 Å². The minimum atomic E-state index is -0.527. The molecule has 1 saturated heterocycles. The van der Waals surface area contributed by atoms with Crippen molar-refractivity contribution < 1.29 is 14.3 Å². The normalized spacial score (nSPS) is 21.8. The summed E-state index contributed by atoms with van der Waals surface area (Å²) < 4.78 is 4.65. The predicted octanol–water partition coefficient (Wildman–Crippen LogP) is 1.56. The molecule has 3 atom stereocenters. The molecule has 10 heteroatoms. The molecule has 3 heterocycles. The maximum atomic E-state index is 13.5. The minimum absolute atomic E-state index is 0.0287. The molecule has 1 N–H and O–H groups in total. The van der Waals surface area contributed by atoms with E-state index in [1.807, 2.05) is 29.2 Å². The Morgan fingerprint density at radius 1 is 1.10 bits per heavy atom. The summed E-state index contributed by atoms with van der Waals surface area (Å²) in [6.45, 7) is 0.732. The molecule has 0 spiro atoms. The van der Waals surface area contributed by atoms with Gasteiger partial charge in [0.25, 0.3) is 5.91 Å². The van der Waals surface area contributed by atoms with Crippen molar-refractivity contribution in [3.8, 4) is 5.69 Å². The Bertz CT molecular complexity index is 1100. The van der Waals surface area contributed by atoms with Gasteiger partial charge in [0.1, 0.15) is 5.82 Å². The number of fused-ring (bicyclic) bond motifs is 2. The number of esters is 1. The number of nitrogens with zero attached hydrogens (tertiary/aromatic N) is 6. The molecule has 2 aromatic heterocycles. The van der Waals surface area contributed by atoms with E-state index in [4.69, 9.17) is 0 Å². The van der Waals surface area contributed by atoms with Crippen LogP contribution in [0.4, 0.5) is 5.82 Å². The summed E-state index contributed by atoms with van der Waals surface area (Å²) in [5.41, 5.74) is 1.39. The quantitative estimate of drug-likeness (QED) is 0.620. The molecule has 3 aromatic rings. The second-order valence-electron chi connectivity index (χ2n) is 7.73. The van der Waals surface area contributed by atoms with Crippen molar-refractivity contribution in [3.63, 3.8) is 0 Å². The van der Waals surface area contributed by atoms with Crippen LogP contribution in [0.1, 0.15) is 33.7 Å². The number of carbonyl (C=O) groups is 2. The van der Waals surface area contributed by atoms with Gasteiger partial charge in [0.05, 0.1) is 49.2 Å². The number of benzene rings is 1. The zero-order valence-corrected chi connectivity index (χ0v) is 16.9. The molecule has 5 rings (SSSR count). The van der Waals surface area contributed by atoms with Crippen molar-refractivity contribution in [2.45, 2.75) is 24.9 Å². The average Bonchev–Trinajstić information content (AvgIpc) is 3.56. The fourth-order valence-electron chi connectivity index (χ4n) is 4.54. The Balaban J connectivity index is 1.34. The van der Waals surface area contributed by atoms with Gasteiger partial charge in [0.2, 0.25) is 0 Å². The third-order valence-corrected chi connectivity index (χ3v) is 5.89. The van der Waals surface area contributed by atoms with Crippen LogP contribution in [0.5, 0.6) is 0 Å². The number of rotatable bonds is 5. The van der Waals surface area contributed by atoms with Crippen molar-refractivity contribution in [1.29, 1.82) is 0 Å². The summed E-state index contributed by atoms with van der Waals surface area (Å²) >= 11 is 0. The van der Waals surface area contributed by atoms with Crippen LogP contribution in [0.15, 0.2) is 49.1 Å². The van der Waals surface area contributed by atoms with Crippen LogP contribution >= 0.6 is 0 Å². The molecular weight excluding hydrogens is 398 g/mol. The fraction of sp³-hybridized carbons (Fsp3) is 0.333. The second kappa shape index (κ2) is 7.78. The predicted molar refractivity (Wildman–Crippen MR) is 110 cm³/mol. The number of anilines is 1. The Morgan fingerprint density at radius 3 is 2.61 bits per heavy atom. The Morgan fingerprint density at radius 2 is 1.90 bits per heavy atom. The van der Waals surface area contributed by atoms with Gasteiger partial charge in [0, 0.05) is 12.6 Å². The number of aromatic nitrogens is 5. The van der Waals surface area contributed by atoms with Gasteiger partial charge in [-0.15, -0.1) is 0 Å². The van der Waals surface area contributed by atoms with E-state index in [2.05, 4.69) is 30.2 Å². The van der Waals surface area contributed by atoms with Gasteiger partial charge in [-0.1, -0.05) is 12.1 Å². The number of carbonyl (C=O) groups excluding carboxylic acids is 2. The van der Waals surface area contributed by atoms with Gasteiger partial charge in [-0.05, 0) is 30.9 Å². The van der Waals surface area contributed by atoms with Crippen LogP contribution < -0.4 is 5.32 Å². The summed E-state index contributed by atoms with van der Waals surface area (Å²) in [6, 6.07) is 7.49. The number of nitrogens with one attached hydrogen (secondary N) is 1. The topological polar surface area (TPSA) is 115 Å². The van der Waals surface area contributed by atoms with E-state index in [1.165, 1.54) is 24.3 Å². The highest BCUT2D eigenvalue weighted by Gasteiger charge is 2.47. The van der Waals surface area contributed by atoms with Crippen LogP contribution in [0.3, 0.4) is 0 Å². The van der Waals surface area contributed by atoms with E-state index in [1.54, 1.807) is 12.4 Å². The van der Waals surface area contributed by atoms with Crippen molar-refractivity contribution in [2.24, 2.45) is 5.92 Å². The minimum Gasteiger partial charge on any atom is -0.464 e. The van der Waals surface area contributed by atoms with Gasteiger partial charge < -0.3 is 15.0 Å². The second-order valence-corrected chi connectivity index (χ2v) is 7.73. The number of piperidine rings is 1. The zero-order chi connectivity index (χ0) is 21.4. The molecule has 1 saturated carbocycles.